The summed E-state index contributed by atoms with van der Waals surface area (Å²) in [6, 6.07) is 10.7. The van der Waals surface area contributed by atoms with E-state index < -0.39 is 5.92 Å². The summed E-state index contributed by atoms with van der Waals surface area (Å²) in [7, 11) is 1.50. The first-order chi connectivity index (χ1) is 15.8. The van der Waals surface area contributed by atoms with Crippen molar-refractivity contribution < 1.29 is 9.47 Å². The van der Waals surface area contributed by atoms with Crippen LogP contribution >= 0.6 is 23.2 Å². The number of ether oxygens (including phenoxy) is 2. The van der Waals surface area contributed by atoms with Gasteiger partial charge in [0.15, 0.2) is 11.5 Å². The van der Waals surface area contributed by atoms with Gasteiger partial charge in [0.2, 0.25) is 0 Å². The zero-order chi connectivity index (χ0) is 23.7. The maximum atomic E-state index is 12.7. The minimum atomic E-state index is -0.688. The Bertz CT molecular complexity index is 1350. The van der Waals surface area contributed by atoms with E-state index >= 15 is 0 Å². The van der Waals surface area contributed by atoms with E-state index in [4.69, 9.17) is 32.7 Å². The average Bonchev–Trinajstić information content (AvgIpc) is 3.30. The highest BCUT2D eigenvalue weighted by atomic mass is 35.5. The van der Waals surface area contributed by atoms with Gasteiger partial charge in [0.25, 0.3) is 11.1 Å². The van der Waals surface area contributed by atoms with Gasteiger partial charge >= 0.3 is 0 Å². The number of nitrogens with one attached hydrogen (secondary N) is 4. The molecule has 4 N–H and O–H groups in total. The van der Waals surface area contributed by atoms with Crippen LogP contribution in [0, 0.1) is 13.8 Å². The molecule has 0 saturated heterocycles. The van der Waals surface area contributed by atoms with E-state index in [9.17, 15) is 9.59 Å². The molecule has 0 aliphatic carbocycles. The minimum absolute atomic E-state index is 0.253. The predicted molar refractivity (Wildman–Crippen MR) is 127 cm³/mol. The Morgan fingerprint density at radius 3 is 1.94 bits per heavy atom. The number of H-pyrrole nitrogens is 4. The number of hydrogen-bond acceptors (Lipinski definition) is 4. The third kappa shape index (κ3) is 4.44. The van der Waals surface area contributed by atoms with Crippen molar-refractivity contribution in [2.45, 2.75) is 26.4 Å². The number of aromatic nitrogens is 4. The van der Waals surface area contributed by atoms with Crippen LogP contribution in [0.25, 0.3) is 0 Å². The molecule has 0 fully saturated rings. The molecular weight excluding hydrogens is 467 g/mol. The highest BCUT2D eigenvalue weighted by Gasteiger charge is 2.29. The van der Waals surface area contributed by atoms with Crippen LogP contribution in [-0.4, -0.2) is 27.5 Å². The normalized spacial score (nSPS) is 11.2. The molecule has 2 aromatic heterocycles. The predicted octanol–water partition coefficient (Wildman–Crippen LogP) is 4.41. The number of methoxy groups -OCH3 is 1. The van der Waals surface area contributed by atoms with Gasteiger partial charge in [-0.25, -0.2) is 0 Å². The maximum Gasteiger partial charge on any atom is 0.268 e. The summed E-state index contributed by atoms with van der Waals surface area (Å²) in [6.45, 7) is 3.78. The molecule has 0 saturated carbocycles. The van der Waals surface area contributed by atoms with Gasteiger partial charge in [-0.05, 0) is 49.2 Å². The lowest BCUT2D eigenvalue weighted by atomic mass is 9.85. The molecule has 4 aromatic rings. The average molecular weight is 489 g/mol. The van der Waals surface area contributed by atoms with Crippen LogP contribution < -0.4 is 20.6 Å². The Morgan fingerprint density at radius 1 is 0.879 bits per heavy atom. The van der Waals surface area contributed by atoms with Crippen molar-refractivity contribution in [1.29, 1.82) is 0 Å². The maximum absolute atomic E-state index is 12.7. The lowest BCUT2D eigenvalue weighted by Crippen LogP contribution is -2.20. The summed E-state index contributed by atoms with van der Waals surface area (Å²) in [5.74, 6) is 0.0495. The van der Waals surface area contributed by atoms with Crippen molar-refractivity contribution in [3.05, 3.63) is 101 Å². The second-order valence-electron chi connectivity index (χ2n) is 7.62. The first-order valence-corrected chi connectivity index (χ1v) is 10.8. The van der Waals surface area contributed by atoms with Gasteiger partial charge in [-0.1, -0.05) is 35.3 Å². The van der Waals surface area contributed by atoms with Crippen LogP contribution in [0.4, 0.5) is 0 Å². The summed E-state index contributed by atoms with van der Waals surface area (Å²) in [5, 5.41) is 11.7. The first kappa shape index (κ1) is 22.8. The van der Waals surface area contributed by atoms with Crippen LogP contribution in [0.15, 0.2) is 46.0 Å². The largest absolute Gasteiger partial charge is 0.493 e. The molecule has 0 radical (unpaired) electrons. The zero-order valence-corrected chi connectivity index (χ0v) is 19.6. The van der Waals surface area contributed by atoms with Crippen LogP contribution in [0.3, 0.4) is 0 Å². The molecule has 0 aliphatic rings. The van der Waals surface area contributed by atoms with E-state index in [1.54, 1.807) is 38.1 Å². The van der Waals surface area contributed by atoms with Gasteiger partial charge in [0, 0.05) is 22.3 Å². The molecular formula is C23H22Cl2N4O4. The van der Waals surface area contributed by atoms with Crippen LogP contribution in [-0.2, 0) is 6.61 Å². The number of halogens is 2. The van der Waals surface area contributed by atoms with Crippen LogP contribution in [0.1, 0.15) is 39.6 Å². The van der Waals surface area contributed by atoms with Gasteiger partial charge in [-0.2, -0.15) is 0 Å². The molecule has 0 amide bonds. The first-order valence-electron chi connectivity index (χ1n) is 10.1. The lowest BCUT2D eigenvalue weighted by molar-refractivity contribution is 0.284. The molecule has 0 aliphatic heterocycles. The van der Waals surface area contributed by atoms with Crippen molar-refractivity contribution in [2.24, 2.45) is 0 Å². The summed E-state index contributed by atoms with van der Waals surface area (Å²) in [6.07, 6.45) is 0. The van der Waals surface area contributed by atoms with Crippen molar-refractivity contribution >= 4 is 23.2 Å². The highest BCUT2D eigenvalue weighted by Crippen LogP contribution is 2.41. The Labute approximate surface area is 198 Å². The van der Waals surface area contributed by atoms with E-state index in [0.717, 1.165) is 5.56 Å². The molecule has 0 bridgehead atoms. The quantitative estimate of drug-likeness (QED) is 0.308. The van der Waals surface area contributed by atoms with Gasteiger partial charge in [0.05, 0.1) is 23.3 Å². The van der Waals surface area contributed by atoms with Gasteiger partial charge in [-0.15, -0.1) is 0 Å². The standard InChI is InChI=1S/C23H22Cl2N4O4/c1-11-18(22(30)28-26-11)20(19-12(2)27-29-23(19)31)14-8-16(25)21(17(9-14)32-3)33-10-13-4-6-15(24)7-5-13/h4-9,20H,10H2,1-3H3,(H2,26,28,30)(H2,27,29,31). The van der Waals surface area contributed by atoms with E-state index in [0.29, 0.717) is 44.6 Å². The van der Waals surface area contributed by atoms with E-state index in [1.807, 2.05) is 12.1 Å². The summed E-state index contributed by atoms with van der Waals surface area (Å²) in [5.41, 5.74) is 2.92. The minimum Gasteiger partial charge on any atom is -0.493 e. The number of rotatable bonds is 7. The lowest BCUT2D eigenvalue weighted by Gasteiger charge is -2.19. The van der Waals surface area contributed by atoms with Crippen molar-refractivity contribution in [1.82, 2.24) is 20.4 Å². The third-order valence-corrected chi connectivity index (χ3v) is 6.02. The molecule has 10 heteroatoms. The molecule has 0 spiro atoms. The Balaban J connectivity index is 1.80. The highest BCUT2D eigenvalue weighted by molar-refractivity contribution is 6.32. The molecule has 8 nitrogen and oxygen atoms in total. The summed E-state index contributed by atoms with van der Waals surface area (Å²) in [4.78, 5) is 25.3. The number of aromatic amines is 4. The number of aryl methyl sites for hydroxylation is 2. The smallest absolute Gasteiger partial charge is 0.268 e. The monoisotopic (exact) mass is 488 g/mol. The second kappa shape index (κ2) is 9.25. The van der Waals surface area contributed by atoms with E-state index in [-0.39, 0.29) is 22.7 Å². The summed E-state index contributed by atoms with van der Waals surface area (Å²) >= 11 is 12.6. The topological polar surface area (TPSA) is 116 Å². The van der Waals surface area contributed by atoms with Crippen molar-refractivity contribution in [3.63, 3.8) is 0 Å². The van der Waals surface area contributed by atoms with Crippen molar-refractivity contribution in [2.75, 3.05) is 7.11 Å². The fraction of sp³-hybridized carbons (Fsp3) is 0.217. The Kier molecular flexibility index (Phi) is 6.40. The molecule has 4 rings (SSSR count). The van der Waals surface area contributed by atoms with E-state index in [2.05, 4.69) is 20.4 Å². The van der Waals surface area contributed by atoms with Gasteiger partial charge < -0.3 is 19.7 Å². The number of hydrogen-bond donors (Lipinski definition) is 4. The number of benzene rings is 2. The van der Waals surface area contributed by atoms with Crippen molar-refractivity contribution in [3.8, 4) is 11.5 Å². The van der Waals surface area contributed by atoms with Gasteiger partial charge in [0.1, 0.15) is 6.61 Å². The third-order valence-electron chi connectivity index (χ3n) is 5.48. The molecule has 0 atom stereocenters. The molecule has 0 unspecified atom stereocenters. The Hall–Kier alpha value is -3.36. The molecule has 2 aromatic carbocycles. The fourth-order valence-corrected chi connectivity index (χ4v) is 4.27. The zero-order valence-electron chi connectivity index (χ0n) is 18.1. The molecule has 172 valence electrons. The molecule has 33 heavy (non-hydrogen) atoms. The SMILES string of the molecule is COc1cc(C(c2c(C)[nH][nH]c2=O)c2c(C)[nH][nH]c2=O)cc(Cl)c1OCc1ccc(Cl)cc1. The Morgan fingerprint density at radius 2 is 1.45 bits per heavy atom. The molecule has 2 heterocycles. The second-order valence-corrected chi connectivity index (χ2v) is 8.46. The fourth-order valence-electron chi connectivity index (χ4n) is 3.87. The summed E-state index contributed by atoms with van der Waals surface area (Å²) < 4.78 is 11.5. The van der Waals surface area contributed by atoms with Crippen LogP contribution in [0.5, 0.6) is 11.5 Å². The van der Waals surface area contributed by atoms with E-state index in [1.165, 1.54) is 7.11 Å². The van der Waals surface area contributed by atoms with Gasteiger partial charge in [-0.3, -0.25) is 19.8 Å². The van der Waals surface area contributed by atoms with Crippen LogP contribution in [0.2, 0.25) is 10.0 Å².